The number of allylic oxidation sites excluding steroid dienone is 2. The fourth-order valence-electron chi connectivity index (χ4n) is 3.05. The summed E-state index contributed by atoms with van der Waals surface area (Å²) in [7, 11) is 0. The highest BCUT2D eigenvalue weighted by atomic mass is 127. The van der Waals surface area contributed by atoms with Crippen molar-refractivity contribution in [2.24, 2.45) is 11.8 Å². The van der Waals surface area contributed by atoms with E-state index in [1.807, 2.05) is 0 Å². The van der Waals surface area contributed by atoms with Gasteiger partial charge in [-0.15, -0.1) is 0 Å². The van der Waals surface area contributed by atoms with E-state index >= 15 is 0 Å². The third-order valence-corrected chi connectivity index (χ3v) is 4.97. The molecule has 0 spiro atoms. The summed E-state index contributed by atoms with van der Waals surface area (Å²) in [4.78, 5) is 0. The predicted octanol–water partition coefficient (Wildman–Crippen LogP) is 4.80. The number of phenols is 2. The van der Waals surface area contributed by atoms with Gasteiger partial charge in [0, 0.05) is 21.1 Å². The Morgan fingerprint density at radius 3 is 2.53 bits per heavy atom. The maximum atomic E-state index is 10.2. The lowest BCUT2D eigenvalue weighted by molar-refractivity contribution is 0.309. The molecule has 19 heavy (non-hydrogen) atoms. The number of rotatable bonds is 2. The van der Waals surface area contributed by atoms with Crippen LogP contribution in [0.2, 0.25) is 0 Å². The van der Waals surface area contributed by atoms with Gasteiger partial charge < -0.3 is 10.2 Å². The molecule has 104 valence electrons. The van der Waals surface area contributed by atoms with Crippen LogP contribution in [-0.4, -0.2) is 10.2 Å². The van der Waals surface area contributed by atoms with Gasteiger partial charge >= 0.3 is 0 Å². The minimum absolute atomic E-state index is 0.128. The van der Waals surface area contributed by atoms with Gasteiger partial charge in [-0.1, -0.05) is 25.5 Å². The molecule has 1 aromatic rings. The molecule has 0 aliphatic heterocycles. The lowest BCUT2D eigenvalue weighted by Gasteiger charge is -2.33. The molecule has 2 rings (SSSR count). The van der Waals surface area contributed by atoms with Crippen LogP contribution in [0.25, 0.3) is 0 Å². The number of aromatic hydroxyl groups is 2. The van der Waals surface area contributed by atoms with Crippen molar-refractivity contribution in [1.29, 1.82) is 0 Å². The fraction of sp³-hybridized carbons (Fsp3) is 0.500. The Balaban J connectivity index is 2.51. The summed E-state index contributed by atoms with van der Waals surface area (Å²) in [5.41, 5.74) is 2.36. The maximum absolute atomic E-state index is 10.2. The van der Waals surface area contributed by atoms with E-state index in [1.165, 1.54) is 18.1 Å². The van der Waals surface area contributed by atoms with Crippen molar-refractivity contribution in [3.63, 3.8) is 0 Å². The third kappa shape index (κ3) is 3.07. The van der Waals surface area contributed by atoms with Gasteiger partial charge in [-0.05, 0) is 60.3 Å². The molecule has 0 radical (unpaired) electrons. The van der Waals surface area contributed by atoms with Crippen molar-refractivity contribution >= 4 is 22.6 Å². The van der Waals surface area contributed by atoms with Crippen LogP contribution in [0.5, 0.6) is 11.5 Å². The smallest absolute Gasteiger partial charge is 0.124 e. The second kappa shape index (κ2) is 5.73. The number of phenolic OH excluding ortho intramolecular Hbond substituents is 2. The predicted molar refractivity (Wildman–Crippen MR) is 86.5 cm³/mol. The van der Waals surface area contributed by atoms with Gasteiger partial charge in [-0.3, -0.25) is 0 Å². The topological polar surface area (TPSA) is 40.5 Å². The second-order valence-electron chi connectivity index (χ2n) is 5.85. The first-order chi connectivity index (χ1) is 8.90. The monoisotopic (exact) mass is 372 g/mol. The average Bonchev–Trinajstić information content (AvgIpc) is 2.27. The molecule has 2 atom stereocenters. The van der Waals surface area contributed by atoms with Gasteiger partial charge in [0.1, 0.15) is 11.5 Å². The van der Waals surface area contributed by atoms with Crippen molar-refractivity contribution < 1.29 is 10.2 Å². The van der Waals surface area contributed by atoms with E-state index in [4.69, 9.17) is 0 Å². The molecule has 0 saturated carbocycles. The summed E-state index contributed by atoms with van der Waals surface area (Å²) in [6, 6.07) is 3.18. The molecule has 1 aromatic carbocycles. The number of benzene rings is 1. The molecular formula is C16H21IO2. The van der Waals surface area contributed by atoms with E-state index in [9.17, 15) is 10.2 Å². The quantitative estimate of drug-likeness (QED) is 0.579. The van der Waals surface area contributed by atoms with Crippen LogP contribution in [-0.2, 0) is 0 Å². The molecule has 1 aliphatic rings. The van der Waals surface area contributed by atoms with Crippen LogP contribution in [0, 0.1) is 15.4 Å². The van der Waals surface area contributed by atoms with Crippen molar-refractivity contribution in [2.75, 3.05) is 0 Å². The van der Waals surface area contributed by atoms with Gasteiger partial charge in [-0.25, -0.2) is 0 Å². The first-order valence-electron chi connectivity index (χ1n) is 6.78. The normalized spacial score (nSPS) is 23.5. The highest BCUT2D eigenvalue weighted by Crippen LogP contribution is 2.45. The fourth-order valence-corrected chi connectivity index (χ4v) is 4.01. The lowest BCUT2D eigenvalue weighted by Crippen LogP contribution is -2.21. The van der Waals surface area contributed by atoms with Gasteiger partial charge in [0.15, 0.2) is 0 Å². The van der Waals surface area contributed by atoms with Gasteiger partial charge in [0.05, 0.1) is 0 Å². The molecule has 0 saturated heterocycles. The van der Waals surface area contributed by atoms with Gasteiger partial charge in [-0.2, -0.15) is 0 Å². The van der Waals surface area contributed by atoms with Crippen molar-refractivity contribution in [3.05, 3.63) is 32.9 Å². The SMILES string of the molecule is CC1=CC(c2c(O)cc(O)cc2I)C(C(C)C)CC1. The largest absolute Gasteiger partial charge is 0.508 e. The molecule has 0 bridgehead atoms. The summed E-state index contributed by atoms with van der Waals surface area (Å²) in [6.07, 6.45) is 4.61. The van der Waals surface area contributed by atoms with Crippen LogP contribution in [0.4, 0.5) is 0 Å². The van der Waals surface area contributed by atoms with Crippen molar-refractivity contribution in [3.8, 4) is 11.5 Å². The molecule has 0 amide bonds. The molecule has 3 heteroatoms. The summed E-state index contributed by atoms with van der Waals surface area (Å²) >= 11 is 2.21. The summed E-state index contributed by atoms with van der Waals surface area (Å²) in [6.45, 7) is 6.65. The molecular weight excluding hydrogens is 351 g/mol. The number of hydrogen-bond donors (Lipinski definition) is 2. The Morgan fingerprint density at radius 1 is 1.26 bits per heavy atom. The van der Waals surface area contributed by atoms with E-state index < -0.39 is 0 Å². The Morgan fingerprint density at radius 2 is 1.95 bits per heavy atom. The van der Waals surface area contributed by atoms with Crippen LogP contribution in [0.3, 0.4) is 0 Å². The average molecular weight is 372 g/mol. The molecule has 2 N–H and O–H groups in total. The van der Waals surface area contributed by atoms with Crippen LogP contribution < -0.4 is 0 Å². The maximum Gasteiger partial charge on any atom is 0.124 e. The van der Waals surface area contributed by atoms with E-state index in [1.54, 1.807) is 6.07 Å². The Labute approximate surface area is 128 Å². The molecule has 2 unspecified atom stereocenters. The van der Waals surface area contributed by atoms with Crippen molar-refractivity contribution in [1.82, 2.24) is 0 Å². The molecule has 0 aromatic heterocycles. The second-order valence-corrected chi connectivity index (χ2v) is 7.01. The van der Waals surface area contributed by atoms with E-state index in [-0.39, 0.29) is 17.4 Å². The highest BCUT2D eigenvalue weighted by Gasteiger charge is 2.30. The van der Waals surface area contributed by atoms with E-state index in [0.717, 1.165) is 15.6 Å². The molecule has 2 nitrogen and oxygen atoms in total. The summed E-state index contributed by atoms with van der Waals surface area (Å²) in [5, 5.41) is 19.8. The molecule has 0 heterocycles. The van der Waals surface area contributed by atoms with Crippen molar-refractivity contribution in [2.45, 2.75) is 39.5 Å². The van der Waals surface area contributed by atoms with Gasteiger partial charge in [0.2, 0.25) is 0 Å². The van der Waals surface area contributed by atoms with Crippen LogP contribution in [0.1, 0.15) is 45.1 Å². The summed E-state index contributed by atoms with van der Waals surface area (Å²) < 4.78 is 0.941. The summed E-state index contributed by atoms with van der Waals surface area (Å²) in [5.74, 6) is 1.72. The van der Waals surface area contributed by atoms with Crippen LogP contribution in [0.15, 0.2) is 23.8 Å². The standard InChI is InChI=1S/C16H21IO2/c1-9(2)12-5-4-10(3)6-13(12)16-14(17)7-11(18)8-15(16)19/h6-9,12-13,18-19H,4-5H2,1-3H3. The molecule has 1 aliphatic carbocycles. The van der Waals surface area contributed by atoms with Crippen LogP contribution >= 0.6 is 22.6 Å². The first kappa shape index (κ1) is 14.7. The minimum atomic E-state index is 0.128. The Bertz CT molecular complexity index is 482. The number of halogens is 1. The Hall–Kier alpha value is -0.710. The lowest BCUT2D eigenvalue weighted by atomic mass is 9.72. The van der Waals surface area contributed by atoms with E-state index in [2.05, 4.69) is 49.4 Å². The van der Waals surface area contributed by atoms with E-state index in [0.29, 0.717) is 11.8 Å². The third-order valence-electron chi connectivity index (χ3n) is 4.08. The Kier molecular flexibility index (Phi) is 4.43. The molecule has 0 fully saturated rings. The zero-order valence-electron chi connectivity index (χ0n) is 11.7. The minimum Gasteiger partial charge on any atom is -0.508 e. The first-order valence-corrected chi connectivity index (χ1v) is 7.86. The highest BCUT2D eigenvalue weighted by molar-refractivity contribution is 14.1. The zero-order chi connectivity index (χ0) is 14.2. The zero-order valence-corrected chi connectivity index (χ0v) is 13.8. The van der Waals surface area contributed by atoms with Gasteiger partial charge in [0.25, 0.3) is 0 Å². The number of hydrogen-bond acceptors (Lipinski definition) is 2.